The first kappa shape index (κ1) is 15.9. The predicted molar refractivity (Wildman–Crippen MR) is 55.9 cm³/mol. The summed E-state index contributed by atoms with van der Waals surface area (Å²) in [6, 6.07) is 0. The summed E-state index contributed by atoms with van der Waals surface area (Å²) < 4.78 is 4.67. The maximum atomic E-state index is 10.3. The van der Waals surface area contributed by atoms with Gasteiger partial charge in [-0.2, -0.15) is 0 Å². The Morgan fingerprint density at radius 1 is 1.47 bits per heavy atom. The number of ether oxygens (including phenoxy) is 1. The van der Waals surface area contributed by atoms with Crippen molar-refractivity contribution < 1.29 is 19.4 Å². The summed E-state index contributed by atoms with van der Waals surface area (Å²) in [7, 11) is 0. The van der Waals surface area contributed by atoms with Gasteiger partial charge in [-0.15, -0.1) is 0 Å². The molecule has 0 rings (SSSR count). The second kappa shape index (κ2) is 10.5. The maximum absolute atomic E-state index is 10.3. The van der Waals surface area contributed by atoms with Gasteiger partial charge in [0.15, 0.2) is 0 Å². The summed E-state index contributed by atoms with van der Waals surface area (Å²) in [5.41, 5.74) is 0.0648. The molecule has 0 aromatic carbocycles. The Bertz CT molecular complexity index is 219. The van der Waals surface area contributed by atoms with Crippen LogP contribution < -0.4 is 5.11 Å². The monoisotopic (exact) mass is 213 g/mol. The van der Waals surface area contributed by atoms with Crippen molar-refractivity contribution in [3.8, 4) is 0 Å². The van der Waals surface area contributed by atoms with Crippen LogP contribution in [-0.4, -0.2) is 18.5 Å². The number of esters is 1. The third kappa shape index (κ3) is 15.2. The predicted octanol–water partition coefficient (Wildman–Crippen LogP) is 0.828. The number of carboxylic acids is 1. The van der Waals surface area contributed by atoms with Gasteiger partial charge in [0.05, 0.1) is 12.6 Å². The molecule has 0 saturated carbocycles. The molecule has 0 aliphatic carbocycles. The molecule has 15 heavy (non-hydrogen) atoms. The number of carboxylic acid groups (broad SMARTS) is 1. The van der Waals surface area contributed by atoms with Crippen molar-refractivity contribution in [2.24, 2.45) is 0 Å². The Hall–Kier alpha value is -1.58. The molecule has 0 aromatic rings. The van der Waals surface area contributed by atoms with Crippen LogP contribution in [0.3, 0.4) is 0 Å². The van der Waals surface area contributed by atoms with Crippen LogP contribution in [0.5, 0.6) is 0 Å². The fourth-order valence-corrected chi connectivity index (χ4v) is 0.376. The van der Waals surface area contributed by atoms with Gasteiger partial charge in [-0.3, -0.25) is 0 Å². The number of hydrogen-bond donors (Lipinski definition) is 0. The summed E-state index contributed by atoms with van der Waals surface area (Å²) in [6.45, 7) is 10.3. The number of aliphatic carboxylic acids is 1. The zero-order chi connectivity index (χ0) is 12.3. The van der Waals surface area contributed by atoms with E-state index in [9.17, 15) is 14.7 Å². The highest BCUT2D eigenvalue weighted by atomic mass is 16.5. The van der Waals surface area contributed by atoms with Gasteiger partial charge in [0.25, 0.3) is 0 Å². The third-order valence-corrected chi connectivity index (χ3v) is 1.26. The maximum Gasteiger partial charge on any atom is 0.330 e. The van der Waals surface area contributed by atoms with E-state index in [0.717, 1.165) is 12.8 Å². The van der Waals surface area contributed by atoms with Crippen molar-refractivity contribution in [2.45, 2.75) is 26.7 Å². The molecule has 0 N–H and O–H groups in total. The molecule has 0 heterocycles. The second-order valence-corrected chi connectivity index (χ2v) is 2.79. The van der Waals surface area contributed by atoms with Crippen LogP contribution in [0.2, 0.25) is 0 Å². The molecule has 0 saturated heterocycles. The summed E-state index contributed by atoms with van der Waals surface area (Å²) in [5, 5.41) is 9.49. The van der Waals surface area contributed by atoms with Crippen LogP contribution in [0, 0.1) is 0 Å². The second-order valence-electron chi connectivity index (χ2n) is 2.79. The zero-order valence-electron chi connectivity index (χ0n) is 9.25. The van der Waals surface area contributed by atoms with E-state index in [-0.39, 0.29) is 11.5 Å². The SMILES string of the molecule is C=C(C)C(=O)[O-].C=CC(=O)OCCCC. The first-order valence-electron chi connectivity index (χ1n) is 4.61. The van der Waals surface area contributed by atoms with Gasteiger partial charge in [0.2, 0.25) is 0 Å². The first-order chi connectivity index (χ1) is 6.95. The molecular weight excluding hydrogens is 196 g/mol. The Kier molecular flexibility index (Phi) is 11.1. The molecule has 4 heteroatoms. The molecule has 4 nitrogen and oxygen atoms in total. The van der Waals surface area contributed by atoms with E-state index in [1.54, 1.807) is 0 Å². The Labute approximate surface area is 90.2 Å². The lowest BCUT2D eigenvalue weighted by Gasteiger charge is -1.97. The molecule has 0 atom stereocenters. The van der Waals surface area contributed by atoms with E-state index in [1.165, 1.54) is 13.0 Å². The lowest BCUT2D eigenvalue weighted by molar-refractivity contribution is -0.299. The van der Waals surface area contributed by atoms with Crippen LogP contribution in [0.25, 0.3) is 0 Å². The van der Waals surface area contributed by atoms with Crippen LogP contribution in [-0.2, 0) is 14.3 Å². The van der Waals surface area contributed by atoms with Crippen LogP contribution in [0.4, 0.5) is 0 Å². The van der Waals surface area contributed by atoms with E-state index >= 15 is 0 Å². The number of rotatable bonds is 5. The van der Waals surface area contributed by atoms with Crippen molar-refractivity contribution in [1.29, 1.82) is 0 Å². The molecule has 86 valence electrons. The normalized spacial score (nSPS) is 8.13. The van der Waals surface area contributed by atoms with Crippen molar-refractivity contribution in [3.05, 3.63) is 24.8 Å². The molecule has 0 aliphatic rings. The first-order valence-corrected chi connectivity index (χ1v) is 4.61. The van der Waals surface area contributed by atoms with Crippen LogP contribution in [0.15, 0.2) is 24.8 Å². The summed E-state index contributed by atoms with van der Waals surface area (Å²) in [5.74, 6) is -1.52. The van der Waals surface area contributed by atoms with Crippen molar-refractivity contribution in [2.75, 3.05) is 6.61 Å². The van der Waals surface area contributed by atoms with E-state index in [1.807, 2.05) is 6.92 Å². The Balaban J connectivity index is 0. The minimum Gasteiger partial charge on any atom is -0.545 e. The average molecular weight is 213 g/mol. The number of carbonyl (C=O) groups is 2. The van der Waals surface area contributed by atoms with Crippen LogP contribution in [0.1, 0.15) is 26.7 Å². The minimum absolute atomic E-state index is 0.0648. The number of carbonyl (C=O) groups excluding carboxylic acids is 2. The van der Waals surface area contributed by atoms with E-state index in [4.69, 9.17) is 0 Å². The molecule has 0 spiro atoms. The molecule has 0 fully saturated rings. The van der Waals surface area contributed by atoms with Gasteiger partial charge < -0.3 is 14.6 Å². The quantitative estimate of drug-likeness (QED) is 0.385. The summed E-state index contributed by atoms with van der Waals surface area (Å²) >= 11 is 0. The molecule has 0 bridgehead atoms. The van der Waals surface area contributed by atoms with Gasteiger partial charge in [-0.1, -0.05) is 26.5 Å². The van der Waals surface area contributed by atoms with E-state index in [2.05, 4.69) is 17.9 Å². The number of hydrogen-bond acceptors (Lipinski definition) is 4. The van der Waals surface area contributed by atoms with E-state index in [0.29, 0.717) is 6.61 Å². The van der Waals surface area contributed by atoms with Gasteiger partial charge in [0, 0.05) is 6.08 Å². The third-order valence-electron chi connectivity index (χ3n) is 1.26. The zero-order valence-corrected chi connectivity index (χ0v) is 9.25. The topological polar surface area (TPSA) is 66.4 Å². The molecule has 0 unspecified atom stereocenters. The Morgan fingerprint density at radius 3 is 2.20 bits per heavy atom. The number of unbranched alkanes of at least 4 members (excludes halogenated alkanes) is 1. The average Bonchev–Trinajstić information content (AvgIpc) is 2.18. The Morgan fingerprint density at radius 2 is 1.93 bits per heavy atom. The fourth-order valence-electron chi connectivity index (χ4n) is 0.376. The molecule has 0 aromatic heterocycles. The highest BCUT2D eigenvalue weighted by molar-refractivity contribution is 5.82. The summed E-state index contributed by atoms with van der Waals surface area (Å²) in [6.07, 6.45) is 3.15. The lowest BCUT2D eigenvalue weighted by atomic mass is 10.4. The smallest absolute Gasteiger partial charge is 0.330 e. The van der Waals surface area contributed by atoms with Crippen LogP contribution >= 0.6 is 0 Å². The fraction of sp³-hybridized carbons (Fsp3) is 0.455. The van der Waals surface area contributed by atoms with Gasteiger partial charge in [-0.05, 0) is 18.9 Å². The molecule has 0 radical (unpaired) electrons. The largest absolute Gasteiger partial charge is 0.545 e. The molecular formula is C11H17O4-. The van der Waals surface area contributed by atoms with Crippen molar-refractivity contribution in [1.82, 2.24) is 0 Å². The molecule has 0 amide bonds. The highest BCUT2D eigenvalue weighted by Crippen LogP contribution is 1.88. The lowest BCUT2D eigenvalue weighted by Crippen LogP contribution is -2.22. The highest BCUT2D eigenvalue weighted by Gasteiger charge is 1.91. The summed E-state index contributed by atoms with van der Waals surface area (Å²) in [4.78, 5) is 19.8. The minimum atomic E-state index is -1.19. The van der Waals surface area contributed by atoms with Gasteiger partial charge >= 0.3 is 5.97 Å². The van der Waals surface area contributed by atoms with Crippen molar-refractivity contribution in [3.63, 3.8) is 0 Å². The standard InChI is InChI=1S/C7H12O2.C4H6O2/c1-3-5-6-9-7(8)4-2;1-3(2)4(5)6/h4H,2-3,5-6H2,1H3;1H2,2H3,(H,5,6)/p-1. The van der Waals surface area contributed by atoms with Gasteiger partial charge in [0.1, 0.15) is 0 Å². The molecule has 0 aliphatic heterocycles. The van der Waals surface area contributed by atoms with E-state index < -0.39 is 5.97 Å². The van der Waals surface area contributed by atoms with Gasteiger partial charge in [-0.25, -0.2) is 4.79 Å². The van der Waals surface area contributed by atoms with Crippen molar-refractivity contribution >= 4 is 11.9 Å².